The number of halogens is 3. The van der Waals surface area contributed by atoms with E-state index in [1.165, 1.54) is 24.1 Å². The Bertz CT molecular complexity index is 1390. The number of aryl methyl sites for hydroxylation is 1. The van der Waals surface area contributed by atoms with Crippen molar-refractivity contribution >= 4 is 27.3 Å². The van der Waals surface area contributed by atoms with Crippen molar-refractivity contribution in [2.24, 2.45) is 0 Å². The van der Waals surface area contributed by atoms with Crippen molar-refractivity contribution in [1.29, 1.82) is 0 Å². The van der Waals surface area contributed by atoms with Crippen molar-refractivity contribution in [3.05, 3.63) is 83.9 Å². The lowest BCUT2D eigenvalue weighted by Gasteiger charge is -2.37. The molecular formula is C27H28F3N3O4S. The van der Waals surface area contributed by atoms with Gasteiger partial charge in [-0.1, -0.05) is 30.3 Å². The van der Waals surface area contributed by atoms with Gasteiger partial charge in [0.05, 0.1) is 18.4 Å². The van der Waals surface area contributed by atoms with Crippen LogP contribution in [0.1, 0.15) is 11.1 Å². The van der Waals surface area contributed by atoms with Crippen LogP contribution in [0.3, 0.4) is 0 Å². The molecule has 0 N–H and O–H groups in total. The van der Waals surface area contributed by atoms with E-state index in [1.807, 2.05) is 0 Å². The number of anilines is 2. The number of benzene rings is 3. The summed E-state index contributed by atoms with van der Waals surface area (Å²) in [5.41, 5.74) is 0.734. The van der Waals surface area contributed by atoms with E-state index in [4.69, 9.17) is 4.74 Å². The molecule has 202 valence electrons. The molecule has 4 rings (SSSR count). The summed E-state index contributed by atoms with van der Waals surface area (Å²) in [7, 11) is -2.80. The van der Waals surface area contributed by atoms with Gasteiger partial charge in [-0.3, -0.25) is 9.10 Å². The van der Waals surface area contributed by atoms with E-state index in [1.54, 1.807) is 60.4 Å². The number of alkyl halides is 3. The van der Waals surface area contributed by atoms with Gasteiger partial charge >= 0.3 is 6.18 Å². The number of carbonyl (C=O) groups is 1. The summed E-state index contributed by atoms with van der Waals surface area (Å²) in [5, 5.41) is 0. The second kappa shape index (κ2) is 10.9. The molecule has 1 aliphatic rings. The number of hydrogen-bond donors (Lipinski definition) is 0. The van der Waals surface area contributed by atoms with E-state index in [-0.39, 0.29) is 23.7 Å². The van der Waals surface area contributed by atoms with E-state index in [0.717, 1.165) is 22.0 Å². The highest BCUT2D eigenvalue weighted by molar-refractivity contribution is 7.93. The summed E-state index contributed by atoms with van der Waals surface area (Å²) in [6.07, 6.45) is -4.44. The molecule has 3 aromatic rings. The molecule has 0 atom stereocenters. The average Bonchev–Trinajstić information content (AvgIpc) is 2.91. The predicted molar refractivity (Wildman–Crippen MR) is 139 cm³/mol. The minimum atomic E-state index is -4.44. The molecule has 38 heavy (non-hydrogen) atoms. The maximum absolute atomic E-state index is 13.8. The summed E-state index contributed by atoms with van der Waals surface area (Å²) < 4.78 is 73.3. The molecule has 7 nitrogen and oxygen atoms in total. The Morgan fingerprint density at radius 3 is 2.26 bits per heavy atom. The highest BCUT2D eigenvalue weighted by Gasteiger charge is 2.33. The van der Waals surface area contributed by atoms with Crippen LogP contribution in [0.5, 0.6) is 5.75 Å². The van der Waals surface area contributed by atoms with Crippen LogP contribution in [0.15, 0.2) is 77.7 Å². The maximum atomic E-state index is 13.8. The number of rotatable bonds is 7. The Kier molecular flexibility index (Phi) is 7.86. The third kappa shape index (κ3) is 5.88. The fourth-order valence-corrected chi connectivity index (χ4v) is 5.99. The molecule has 1 heterocycles. The lowest BCUT2D eigenvalue weighted by atomic mass is 10.1. The van der Waals surface area contributed by atoms with Crippen molar-refractivity contribution < 1.29 is 31.1 Å². The number of hydrogen-bond acceptors (Lipinski definition) is 5. The number of sulfonamides is 1. The van der Waals surface area contributed by atoms with Crippen LogP contribution in [0, 0.1) is 6.92 Å². The predicted octanol–water partition coefficient (Wildman–Crippen LogP) is 4.57. The molecule has 0 bridgehead atoms. The summed E-state index contributed by atoms with van der Waals surface area (Å²) in [6, 6.07) is 18.2. The zero-order chi connectivity index (χ0) is 27.5. The van der Waals surface area contributed by atoms with E-state index < -0.39 is 34.2 Å². The largest absolute Gasteiger partial charge is 0.495 e. The van der Waals surface area contributed by atoms with Crippen LogP contribution in [-0.4, -0.2) is 59.1 Å². The first-order valence-corrected chi connectivity index (χ1v) is 13.4. The zero-order valence-electron chi connectivity index (χ0n) is 21.0. The number of para-hydroxylation sites is 1. The van der Waals surface area contributed by atoms with E-state index in [2.05, 4.69) is 0 Å². The molecule has 0 radical (unpaired) electrons. The van der Waals surface area contributed by atoms with Crippen molar-refractivity contribution in [3.8, 4) is 5.75 Å². The molecule has 0 aliphatic carbocycles. The van der Waals surface area contributed by atoms with E-state index >= 15 is 0 Å². The third-order valence-corrected chi connectivity index (χ3v) is 8.18. The summed E-state index contributed by atoms with van der Waals surface area (Å²) in [6.45, 7) is 2.44. The molecule has 0 unspecified atom stereocenters. The van der Waals surface area contributed by atoms with Gasteiger partial charge in [-0.05, 0) is 55.0 Å². The van der Waals surface area contributed by atoms with Crippen molar-refractivity contribution in [3.63, 3.8) is 0 Å². The average molecular weight is 548 g/mol. The van der Waals surface area contributed by atoms with Crippen LogP contribution >= 0.6 is 0 Å². The van der Waals surface area contributed by atoms with Gasteiger partial charge in [0.1, 0.15) is 17.2 Å². The smallest absolute Gasteiger partial charge is 0.416 e. The number of carbonyl (C=O) groups excluding carboxylic acids is 1. The molecule has 11 heteroatoms. The first-order valence-electron chi connectivity index (χ1n) is 11.9. The van der Waals surface area contributed by atoms with Gasteiger partial charge in [-0.15, -0.1) is 0 Å². The molecule has 1 fully saturated rings. The van der Waals surface area contributed by atoms with Crippen LogP contribution in [0.2, 0.25) is 0 Å². The number of piperazine rings is 1. The van der Waals surface area contributed by atoms with Gasteiger partial charge in [0.25, 0.3) is 10.0 Å². The fraction of sp³-hybridized carbons (Fsp3) is 0.296. The SMILES string of the molecule is COc1ccc(C)cc1S(=O)(=O)N(CC(=O)N1CCN(c2cccc(C(F)(F)F)c2)CC1)c1ccccc1. The fourth-order valence-electron chi connectivity index (χ4n) is 4.33. The Morgan fingerprint density at radius 2 is 1.63 bits per heavy atom. The van der Waals surface area contributed by atoms with Gasteiger partial charge < -0.3 is 14.5 Å². The standard InChI is InChI=1S/C27H28F3N3O4S/c1-20-11-12-24(37-2)25(17-20)38(35,36)33(22-8-4-3-5-9-22)19-26(34)32-15-13-31(14-16-32)23-10-6-7-21(18-23)27(28,29)30/h3-12,17-18H,13-16,19H2,1-2H3. The third-order valence-electron chi connectivity index (χ3n) is 6.38. The lowest BCUT2D eigenvalue weighted by molar-refractivity contribution is -0.137. The van der Waals surface area contributed by atoms with Gasteiger partial charge in [-0.2, -0.15) is 13.2 Å². The minimum absolute atomic E-state index is 0.0500. The summed E-state index contributed by atoms with van der Waals surface area (Å²) in [4.78, 5) is 16.6. The van der Waals surface area contributed by atoms with Gasteiger partial charge in [-0.25, -0.2) is 8.42 Å². The Balaban J connectivity index is 1.54. The highest BCUT2D eigenvalue weighted by Crippen LogP contribution is 2.33. The summed E-state index contributed by atoms with van der Waals surface area (Å²) >= 11 is 0. The summed E-state index contributed by atoms with van der Waals surface area (Å²) in [5.74, 6) is -0.244. The molecule has 0 aromatic heterocycles. The topological polar surface area (TPSA) is 70.2 Å². The molecular weight excluding hydrogens is 519 g/mol. The van der Waals surface area contributed by atoms with Gasteiger partial charge in [0.15, 0.2) is 0 Å². The van der Waals surface area contributed by atoms with Gasteiger partial charge in [0, 0.05) is 31.9 Å². The monoisotopic (exact) mass is 547 g/mol. The second-order valence-electron chi connectivity index (χ2n) is 8.92. The normalized spacial score (nSPS) is 14.3. The zero-order valence-corrected chi connectivity index (χ0v) is 21.8. The quantitative estimate of drug-likeness (QED) is 0.434. The maximum Gasteiger partial charge on any atom is 0.416 e. The van der Waals surface area contributed by atoms with Crippen LogP contribution in [0.4, 0.5) is 24.5 Å². The number of methoxy groups -OCH3 is 1. The number of ether oxygens (including phenoxy) is 1. The Hall–Kier alpha value is -3.73. The van der Waals surface area contributed by atoms with Crippen molar-refractivity contribution in [2.75, 3.05) is 49.0 Å². The molecule has 0 spiro atoms. The number of nitrogens with zero attached hydrogens (tertiary/aromatic N) is 3. The first kappa shape index (κ1) is 27.3. The Morgan fingerprint density at radius 1 is 0.947 bits per heavy atom. The molecule has 3 aromatic carbocycles. The van der Waals surface area contributed by atoms with Crippen LogP contribution < -0.4 is 13.9 Å². The molecule has 1 saturated heterocycles. The van der Waals surface area contributed by atoms with E-state index in [0.29, 0.717) is 24.5 Å². The highest BCUT2D eigenvalue weighted by atomic mass is 32.2. The minimum Gasteiger partial charge on any atom is -0.495 e. The lowest BCUT2D eigenvalue weighted by Crippen LogP contribution is -2.52. The Labute approximate surface area is 220 Å². The van der Waals surface area contributed by atoms with Gasteiger partial charge in [0.2, 0.25) is 5.91 Å². The van der Waals surface area contributed by atoms with E-state index in [9.17, 15) is 26.4 Å². The van der Waals surface area contributed by atoms with Crippen LogP contribution in [0.25, 0.3) is 0 Å². The van der Waals surface area contributed by atoms with Crippen molar-refractivity contribution in [1.82, 2.24) is 4.90 Å². The molecule has 1 amide bonds. The first-order chi connectivity index (χ1) is 18.0. The molecule has 1 aliphatic heterocycles. The van der Waals surface area contributed by atoms with Crippen LogP contribution in [-0.2, 0) is 21.0 Å². The molecule has 0 saturated carbocycles. The number of amides is 1. The van der Waals surface area contributed by atoms with Crippen molar-refractivity contribution in [2.45, 2.75) is 18.0 Å². The second-order valence-corrected chi connectivity index (χ2v) is 10.7.